The number of ether oxygens (including phenoxy) is 3. The number of aliphatic hydroxyl groups is 1. The smallest absolute Gasteiger partial charge is 0.338 e. The van der Waals surface area contributed by atoms with Gasteiger partial charge in [0.25, 0.3) is 0 Å². The van der Waals surface area contributed by atoms with Crippen molar-refractivity contribution in [2.24, 2.45) is 0 Å². The van der Waals surface area contributed by atoms with Crippen LogP contribution in [0, 0.1) is 13.8 Å². The summed E-state index contributed by atoms with van der Waals surface area (Å²) in [4.78, 5) is 24.4. The quantitative estimate of drug-likeness (QED) is 0.768. The maximum absolute atomic E-state index is 12.3. The van der Waals surface area contributed by atoms with E-state index in [9.17, 15) is 14.7 Å². The Morgan fingerprint density at radius 2 is 1.46 bits per heavy atom. The summed E-state index contributed by atoms with van der Waals surface area (Å²) in [6.07, 6.45) is -2.35. The molecule has 3 atom stereocenters. The first-order valence-electron chi connectivity index (χ1n) is 8.77. The van der Waals surface area contributed by atoms with Gasteiger partial charge >= 0.3 is 11.9 Å². The molecule has 0 aromatic heterocycles. The molecule has 0 bridgehead atoms. The Morgan fingerprint density at radius 3 is 2.00 bits per heavy atom. The molecule has 1 unspecified atom stereocenters. The Hall–Kier alpha value is -2.41. The predicted molar refractivity (Wildman–Crippen MR) is 105 cm³/mol. The molecule has 1 fully saturated rings. The van der Waals surface area contributed by atoms with Crippen LogP contribution in [0.1, 0.15) is 38.3 Å². The maximum atomic E-state index is 12.3. The Kier molecular flexibility index (Phi) is 7.57. The average Bonchev–Trinajstić information content (AvgIpc) is 3.00. The summed E-state index contributed by atoms with van der Waals surface area (Å²) in [6, 6.07) is 14.0. The molecular weight excluding hydrogens is 384 g/mol. The van der Waals surface area contributed by atoms with Crippen LogP contribution in [-0.4, -0.2) is 42.1 Å². The Labute approximate surface area is 169 Å². The van der Waals surface area contributed by atoms with Crippen molar-refractivity contribution < 1.29 is 28.9 Å². The van der Waals surface area contributed by atoms with E-state index in [-0.39, 0.29) is 25.4 Å². The molecular formula is C21H23ClO6. The molecule has 0 aliphatic carbocycles. The van der Waals surface area contributed by atoms with Gasteiger partial charge in [-0.3, -0.25) is 0 Å². The van der Waals surface area contributed by atoms with E-state index in [1.165, 1.54) is 0 Å². The molecule has 1 aliphatic heterocycles. The number of esters is 2. The topological polar surface area (TPSA) is 82.1 Å². The van der Waals surface area contributed by atoms with E-state index in [0.29, 0.717) is 11.1 Å². The molecule has 1 N–H and O–H groups in total. The van der Waals surface area contributed by atoms with E-state index >= 15 is 0 Å². The van der Waals surface area contributed by atoms with Gasteiger partial charge in [-0.1, -0.05) is 35.4 Å². The zero-order valence-corrected chi connectivity index (χ0v) is 16.5. The molecule has 28 heavy (non-hydrogen) atoms. The number of halogens is 1. The number of aryl methyl sites for hydroxylation is 2. The zero-order valence-electron chi connectivity index (χ0n) is 15.7. The summed E-state index contributed by atoms with van der Waals surface area (Å²) in [5, 5.41) is 9.75. The molecule has 150 valence electrons. The molecule has 6 nitrogen and oxygen atoms in total. The number of carbonyl (C=O) groups excluding carboxylic acids is 2. The van der Waals surface area contributed by atoms with Crippen LogP contribution in [-0.2, 0) is 14.2 Å². The van der Waals surface area contributed by atoms with Crippen molar-refractivity contribution in [3.63, 3.8) is 0 Å². The monoisotopic (exact) mass is 406 g/mol. The second-order valence-electron chi connectivity index (χ2n) is 6.64. The van der Waals surface area contributed by atoms with Crippen molar-refractivity contribution in [2.75, 3.05) is 6.61 Å². The van der Waals surface area contributed by atoms with E-state index in [1.54, 1.807) is 24.3 Å². The molecule has 0 spiro atoms. The standard InChI is InChI=1S/C21H22O6.ClH/c1-13-3-7-15(8-4-13)20(23)25-12-18-17(11-19(22)26-18)27-21(24)16-9-5-14(2)6-10-16;/h3-10,17-19,22H,11-12H2,1-2H3;1H/t17-,18+,19?;/m0./s1. The van der Waals surface area contributed by atoms with E-state index in [2.05, 4.69) is 0 Å². The normalized spacial score (nSPS) is 20.9. The van der Waals surface area contributed by atoms with E-state index in [0.717, 1.165) is 11.1 Å². The predicted octanol–water partition coefficient (Wildman–Crippen LogP) is 3.21. The van der Waals surface area contributed by atoms with Crippen LogP contribution < -0.4 is 0 Å². The Morgan fingerprint density at radius 1 is 0.964 bits per heavy atom. The second-order valence-corrected chi connectivity index (χ2v) is 6.64. The third-order valence-corrected chi connectivity index (χ3v) is 4.39. The maximum Gasteiger partial charge on any atom is 0.338 e. The molecule has 0 saturated carbocycles. The lowest BCUT2D eigenvalue weighted by atomic mass is 10.1. The lowest BCUT2D eigenvalue weighted by Crippen LogP contribution is -2.32. The average molecular weight is 407 g/mol. The summed E-state index contributed by atoms with van der Waals surface area (Å²) < 4.78 is 16.1. The second kappa shape index (κ2) is 9.68. The highest BCUT2D eigenvalue weighted by molar-refractivity contribution is 5.90. The van der Waals surface area contributed by atoms with Crippen molar-refractivity contribution in [1.82, 2.24) is 0 Å². The number of rotatable bonds is 5. The van der Waals surface area contributed by atoms with Crippen molar-refractivity contribution in [3.05, 3.63) is 70.8 Å². The summed E-state index contributed by atoms with van der Waals surface area (Å²) in [5.74, 6) is -1.00. The fraction of sp³-hybridized carbons (Fsp3) is 0.333. The number of aliphatic hydroxyl groups excluding tert-OH is 1. The summed E-state index contributed by atoms with van der Waals surface area (Å²) in [6.45, 7) is 3.74. The number of hydrogen-bond donors (Lipinski definition) is 1. The highest BCUT2D eigenvalue weighted by Gasteiger charge is 2.38. The van der Waals surface area contributed by atoms with Gasteiger partial charge in [0.05, 0.1) is 11.1 Å². The largest absolute Gasteiger partial charge is 0.459 e. The van der Waals surface area contributed by atoms with Crippen molar-refractivity contribution in [3.8, 4) is 0 Å². The molecule has 1 heterocycles. The van der Waals surface area contributed by atoms with Crippen LogP contribution in [0.2, 0.25) is 0 Å². The van der Waals surface area contributed by atoms with Gasteiger partial charge in [-0.25, -0.2) is 9.59 Å². The first-order valence-corrected chi connectivity index (χ1v) is 8.77. The van der Waals surface area contributed by atoms with Crippen molar-refractivity contribution >= 4 is 24.3 Å². The summed E-state index contributed by atoms with van der Waals surface area (Å²) in [7, 11) is 0. The van der Waals surface area contributed by atoms with Crippen LogP contribution >= 0.6 is 12.4 Å². The van der Waals surface area contributed by atoms with Gasteiger partial charge in [0, 0.05) is 6.42 Å². The lowest BCUT2D eigenvalue weighted by Gasteiger charge is -2.18. The minimum Gasteiger partial charge on any atom is -0.459 e. The van der Waals surface area contributed by atoms with Gasteiger partial charge in [-0.15, -0.1) is 12.4 Å². The molecule has 1 saturated heterocycles. The SMILES string of the molecule is Cc1ccc(C(=O)OC[C@H]2OC(O)C[C@@H]2OC(=O)c2ccc(C)cc2)cc1.Cl. The minimum atomic E-state index is -1.07. The molecule has 3 rings (SSSR count). The highest BCUT2D eigenvalue weighted by Crippen LogP contribution is 2.24. The number of hydrogen-bond acceptors (Lipinski definition) is 6. The van der Waals surface area contributed by atoms with Crippen LogP contribution in [0.15, 0.2) is 48.5 Å². The van der Waals surface area contributed by atoms with Crippen LogP contribution in [0.3, 0.4) is 0 Å². The van der Waals surface area contributed by atoms with Crippen LogP contribution in [0.25, 0.3) is 0 Å². The molecule has 7 heteroatoms. The minimum absolute atomic E-state index is 0. The first-order chi connectivity index (χ1) is 12.9. The lowest BCUT2D eigenvalue weighted by molar-refractivity contribution is -0.110. The first kappa shape index (κ1) is 21.9. The van der Waals surface area contributed by atoms with Crippen LogP contribution in [0.4, 0.5) is 0 Å². The van der Waals surface area contributed by atoms with E-state index in [4.69, 9.17) is 14.2 Å². The fourth-order valence-electron chi connectivity index (χ4n) is 2.79. The van der Waals surface area contributed by atoms with E-state index in [1.807, 2.05) is 38.1 Å². The molecule has 0 amide bonds. The van der Waals surface area contributed by atoms with Gasteiger partial charge in [0.2, 0.25) is 0 Å². The molecule has 2 aromatic rings. The summed E-state index contributed by atoms with van der Waals surface area (Å²) >= 11 is 0. The van der Waals surface area contributed by atoms with Gasteiger partial charge in [0.15, 0.2) is 6.29 Å². The molecule has 0 radical (unpaired) electrons. The molecule has 2 aromatic carbocycles. The number of benzene rings is 2. The zero-order chi connectivity index (χ0) is 19.4. The third kappa shape index (κ3) is 5.55. The fourth-order valence-corrected chi connectivity index (χ4v) is 2.79. The van der Waals surface area contributed by atoms with Crippen molar-refractivity contribution in [2.45, 2.75) is 38.8 Å². The van der Waals surface area contributed by atoms with Gasteiger partial charge < -0.3 is 19.3 Å². The van der Waals surface area contributed by atoms with Gasteiger partial charge in [-0.05, 0) is 38.1 Å². The number of carbonyl (C=O) groups is 2. The van der Waals surface area contributed by atoms with E-state index < -0.39 is 30.4 Å². The van der Waals surface area contributed by atoms with Crippen molar-refractivity contribution in [1.29, 1.82) is 0 Å². The van der Waals surface area contributed by atoms with Gasteiger partial charge in [0.1, 0.15) is 18.8 Å². The Balaban J connectivity index is 0.00000280. The highest BCUT2D eigenvalue weighted by atomic mass is 35.5. The third-order valence-electron chi connectivity index (χ3n) is 4.39. The van der Waals surface area contributed by atoms with Gasteiger partial charge in [-0.2, -0.15) is 0 Å². The summed E-state index contributed by atoms with van der Waals surface area (Å²) in [5.41, 5.74) is 2.91. The molecule has 1 aliphatic rings. The van der Waals surface area contributed by atoms with Crippen LogP contribution in [0.5, 0.6) is 0 Å². The Bertz CT molecular complexity index is 803.